The van der Waals surface area contributed by atoms with Crippen LogP contribution in [0.1, 0.15) is 141 Å². The summed E-state index contributed by atoms with van der Waals surface area (Å²) in [5, 5.41) is 10.6. The zero-order valence-corrected chi connectivity index (χ0v) is 66.5. The van der Waals surface area contributed by atoms with E-state index in [9.17, 15) is 24.0 Å². The van der Waals surface area contributed by atoms with E-state index >= 15 is 0 Å². The van der Waals surface area contributed by atoms with Crippen molar-refractivity contribution in [1.29, 1.82) is 0 Å². The first-order valence-corrected chi connectivity index (χ1v) is 39.9. The number of carbonyl (C=O) groups excluding carboxylic acids is 5. The van der Waals surface area contributed by atoms with Crippen LogP contribution in [0.5, 0.6) is 5.75 Å². The number of nitrogens with two attached hydrogens (primary N) is 1. The van der Waals surface area contributed by atoms with Gasteiger partial charge in [-0.15, -0.1) is 0 Å². The van der Waals surface area contributed by atoms with E-state index in [4.69, 9.17) is 10.6 Å². The van der Waals surface area contributed by atoms with Crippen molar-refractivity contribution in [3.05, 3.63) is 307 Å². The summed E-state index contributed by atoms with van der Waals surface area (Å²) in [6, 6.07) is 72.3. The Morgan fingerprint density at radius 2 is 0.807 bits per heavy atom. The third-order valence-corrected chi connectivity index (χ3v) is 23.5. The highest BCUT2D eigenvalue weighted by atomic mass is 16.7. The predicted molar refractivity (Wildman–Crippen MR) is 453 cm³/mol. The lowest BCUT2D eigenvalue weighted by atomic mass is 10.0. The quantitative estimate of drug-likeness (QED) is 0.0614. The molecule has 5 aliphatic heterocycles. The molecule has 0 saturated carbocycles. The van der Waals surface area contributed by atoms with Crippen molar-refractivity contribution >= 4 is 78.8 Å². The largest absolute Gasteiger partial charge is 0.497 e. The Hall–Kier alpha value is -11.9. The van der Waals surface area contributed by atoms with Gasteiger partial charge < -0.3 is 58.1 Å². The molecule has 19 heteroatoms. The molecule has 0 atom stereocenters. The van der Waals surface area contributed by atoms with Crippen molar-refractivity contribution < 1.29 is 33.5 Å². The minimum atomic E-state index is -0.515. The van der Waals surface area contributed by atoms with Gasteiger partial charge in [-0.1, -0.05) is 127 Å². The fourth-order valence-corrected chi connectivity index (χ4v) is 17.5. The zero-order chi connectivity index (χ0) is 79.1. The summed E-state index contributed by atoms with van der Waals surface area (Å²) < 4.78 is 15.1. The molecule has 19 nitrogen and oxygen atoms in total. The number of methoxy groups -OCH3 is 1. The number of benzene rings is 9. The summed E-state index contributed by atoms with van der Waals surface area (Å²) in [5.41, 5.74) is 26.3. The first-order chi connectivity index (χ1) is 55.5. The van der Waals surface area contributed by atoms with Crippen LogP contribution in [0.3, 0.4) is 0 Å². The Labute approximate surface area is 667 Å². The van der Waals surface area contributed by atoms with Gasteiger partial charge in [-0.3, -0.25) is 24.1 Å². The van der Waals surface area contributed by atoms with Crippen molar-refractivity contribution in [1.82, 2.24) is 48.5 Å². The number of fused-ring (bicyclic) bond motifs is 12. The third-order valence-electron chi connectivity index (χ3n) is 23.5. The summed E-state index contributed by atoms with van der Waals surface area (Å²) in [4.78, 5) is 74.6. The van der Waals surface area contributed by atoms with E-state index in [0.29, 0.717) is 23.2 Å². The molecule has 0 radical (unpaired) electrons. The average molecular weight is 1520 g/mol. The summed E-state index contributed by atoms with van der Waals surface area (Å²) in [7, 11) is 9.40. The molecule has 4 aromatic heterocycles. The van der Waals surface area contributed by atoms with Gasteiger partial charge in [-0.2, -0.15) is 5.90 Å². The lowest BCUT2D eigenvalue weighted by molar-refractivity contribution is -0.129. The Morgan fingerprint density at radius 3 is 1.25 bits per heavy atom. The number of nitrogens with zero attached hydrogens (tertiary/aromatic N) is 9. The van der Waals surface area contributed by atoms with E-state index < -0.39 is 5.97 Å². The maximum atomic E-state index is 11.9. The summed E-state index contributed by atoms with van der Waals surface area (Å²) in [5.74, 6) is 5.46. The Kier molecular flexibility index (Phi) is 23.5. The molecule has 1 saturated heterocycles. The van der Waals surface area contributed by atoms with Crippen LogP contribution >= 0.6 is 0 Å². The smallest absolute Gasteiger partial charge is 0.356 e. The third kappa shape index (κ3) is 16.6. The second kappa shape index (κ2) is 34.6. The van der Waals surface area contributed by atoms with Crippen LogP contribution in [-0.2, 0) is 94.2 Å². The van der Waals surface area contributed by atoms with Crippen molar-refractivity contribution in [2.24, 2.45) is 5.90 Å². The highest BCUT2D eigenvalue weighted by Gasteiger charge is 2.29. The van der Waals surface area contributed by atoms with E-state index in [1.165, 1.54) is 137 Å². The van der Waals surface area contributed by atoms with E-state index in [1.54, 1.807) is 47.2 Å². The molecule has 0 spiro atoms. The van der Waals surface area contributed by atoms with Crippen LogP contribution in [0.4, 0.5) is 5.69 Å². The van der Waals surface area contributed by atoms with Gasteiger partial charge in [0.05, 0.1) is 12.7 Å². The maximum Gasteiger partial charge on any atom is 0.356 e. The maximum absolute atomic E-state index is 11.9. The second-order valence-electron chi connectivity index (χ2n) is 30.9. The summed E-state index contributed by atoms with van der Waals surface area (Å²) in [6.07, 6.45) is 6.62. The molecule has 0 bridgehead atoms. The Morgan fingerprint density at radius 1 is 0.395 bits per heavy atom. The highest BCUT2D eigenvalue weighted by molar-refractivity contribution is 5.96. The van der Waals surface area contributed by atoms with E-state index in [-0.39, 0.29) is 23.5 Å². The van der Waals surface area contributed by atoms with Crippen LogP contribution in [0.2, 0.25) is 0 Å². The number of rotatable bonds is 16. The molecule has 114 heavy (non-hydrogen) atoms. The number of anilines is 1. The molecule has 4 N–H and O–H groups in total. The second-order valence-corrected chi connectivity index (χ2v) is 30.9. The van der Waals surface area contributed by atoms with Crippen molar-refractivity contribution in [2.75, 3.05) is 79.5 Å². The van der Waals surface area contributed by atoms with E-state index in [0.717, 1.165) is 127 Å². The number of likely N-dealkylation sites (N-methyl/N-ethyl adjacent to an activating group) is 2. The molecule has 9 heterocycles. The minimum Gasteiger partial charge on any atom is -0.497 e. The lowest BCUT2D eigenvalue weighted by Gasteiger charge is -2.28. The zero-order valence-electron chi connectivity index (χ0n) is 66.5. The van der Waals surface area contributed by atoms with Gasteiger partial charge in [0, 0.05) is 239 Å². The van der Waals surface area contributed by atoms with Gasteiger partial charge in [0.2, 0.25) is 5.91 Å². The van der Waals surface area contributed by atoms with E-state index in [2.05, 4.69) is 201 Å². The molecule has 18 rings (SSSR count). The van der Waals surface area contributed by atoms with Crippen molar-refractivity contribution in [3.63, 3.8) is 0 Å². The van der Waals surface area contributed by atoms with Gasteiger partial charge in [0.25, 0.3) is 11.8 Å². The average Bonchev–Trinajstić information content (AvgIpc) is 1.63. The van der Waals surface area contributed by atoms with Gasteiger partial charge in [-0.05, 0) is 163 Å². The number of carbonyl (C=O) groups is 5. The number of para-hydroxylation sites is 3. The fraction of sp³-hybridized carbons (Fsp3) is 0.295. The van der Waals surface area contributed by atoms with Crippen LogP contribution in [0.25, 0.3) is 43.6 Å². The number of aromatic nitrogens is 4. The number of hydrogen-bond acceptors (Lipinski definition) is 12. The fourth-order valence-electron chi connectivity index (χ4n) is 17.5. The number of hydrogen-bond donors (Lipinski definition) is 3. The SMILES string of the molecule is CC(=O)c1ccc(Cn2c3c(c4cc(N5CCCC5)ccc42)CN(C)CC3)cc1.CN1CCc2c(c3ccccc3n2Cc2ccc(C(=O)ON)cc2)C1.CNC(=O)c1ccc(Cn2c3c(c4ccccc42)CN(C(C)=O)CC3)cc1.CNC(=O)c1ccc(Cn2c3c(c4ccccc42)CN(Cc2cccc(OC)c2)CC3)cc1. The number of Topliss-reactive ketones (excluding diaryl/α,β-unsaturated/α-hetero) is 1. The number of nitrogens with one attached hydrogen (secondary N) is 2. The highest BCUT2D eigenvalue weighted by Crippen LogP contribution is 2.38. The molecule has 9 aromatic carbocycles. The normalized spacial score (nSPS) is 14.7. The van der Waals surface area contributed by atoms with Crippen LogP contribution in [-0.4, -0.2) is 142 Å². The Bertz CT molecular complexity index is 5690. The molecular weight excluding hydrogens is 1420 g/mol. The monoisotopic (exact) mass is 1520 g/mol. The van der Waals surface area contributed by atoms with Crippen molar-refractivity contribution in [3.8, 4) is 5.75 Å². The molecule has 0 aliphatic carbocycles. The summed E-state index contributed by atoms with van der Waals surface area (Å²) in [6.45, 7) is 17.3. The topological polar surface area (TPSA) is 190 Å². The van der Waals surface area contributed by atoms with Gasteiger partial charge >= 0.3 is 5.97 Å². The first-order valence-electron chi connectivity index (χ1n) is 39.9. The molecule has 13 aromatic rings. The van der Waals surface area contributed by atoms with Gasteiger partial charge in [-0.25, -0.2) is 4.79 Å². The number of ether oxygens (including phenoxy) is 1. The molecule has 3 amide bonds. The molecule has 1 fully saturated rings. The van der Waals surface area contributed by atoms with Crippen LogP contribution in [0.15, 0.2) is 212 Å². The molecular formula is C95H102N12O7. The predicted octanol–water partition coefficient (Wildman–Crippen LogP) is 14.8. The minimum absolute atomic E-state index is 0.0542. The van der Waals surface area contributed by atoms with Crippen LogP contribution in [0, 0.1) is 0 Å². The summed E-state index contributed by atoms with van der Waals surface area (Å²) >= 11 is 0. The molecule has 584 valence electrons. The molecule has 0 unspecified atom stereocenters. The van der Waals surface area contributed by atoms with Gasteiger partial charge in [0.15, 0.2) is 5.78 Å². The van der Waals surface area contributed by atoms with Crippen LogP contribution < -0.4 is 26.2 Å². The number of ketones is 1. The molecule has 5 aliphatic rings. The Balaban J connectivity index is 0.000000120. The number of amides is 3. The van der Waals surface area contributed by atoms with Crippen molar-refractivity contribution in [2.45, 2.75) is 111 Å². The standard InChI is InChI=1S/C28H29N3O2.C25H29N3O.C22H23N3O2.C20H21N3O2/c1-29-28(32)22-12-10-20(11-13-22)18-31-26-9-4-3-8-24(26)25-19-30(15-14-27(25)31)17-21-6-5-7-23(16-21)33-2;1-18(29)20-7-5-19(6-8-20)16-28-24-10-9-21(27-12-3-4-13-27)15-22(24)23-17-26(2)14-11-25(23)28;1-15(26)24-12-11-21-19(14-24)18-5-3-4-6-20(18)25(21)13-16-7-9-17(10-8-16)22(27)23-2;1-22-11-10-19-17(13-22)16-4-2-3-5-18(16)23(19)12-14-6-8-15(9-7-14)20(24)25-21/h3-13,16H,14-15,17-19H2,1-2H3,(H,29,32);5-10,15H,3-4,11-14,16-17H2,1-2H3;3-10H,11-14H2,1-2H3,(H,23,27);2-9H,10-13,21H2,1H3. The first kappa shape index (κ1) is 77.5. The van der Waals surface area contributed by atoms with Gasteiger partial charge in [0.1, 0.15) is 5.75 Å². The van der Waals surface area contributed by atoms with E-state index in [1.807, 2.05) is 71.6 Å². The lowest BCUT2D eigenvalue weighted by Crippen LogP contribution is -2.34.